The lowest BCUT2D eigenvalue weighted by Gasteiger charge is -2.35. The predicted molar refractivity (Wildman–Crippen MR) is 97.3 cm³/mol. The summed E-state index contributed by atoms with van der Waals surface area (Å²) in [7, 11) is 0. The van der Waals surface area contributed by atoms with Crippen LogP contribution in [-0.4, -0.2) is 47.0 Å². The lowest BCUT2D eigenvalue weighted by Crippen LogP contribution is -2.56. The number of hydrogen-bond acceptors (Lipinski definition) is 5. The molecule has 134 valence electrons. The molecule has 0 aliphatic carbocycles. The molecule has 0 amide bonds. The molecular formula is C20H26N2O3. The number of aliphatic hydroxyl groups is 2. The van der Waals surface area contributed by atoms with E-state index in [-0.39, 0.29) is 13.2 Å². The fraction of sp³-hybridized carbons (Fsp3) is 0.400. The highest BCUT2D eigenvalue weighted by molar-refractivity contribution is 5.37. The van der Waals surface area contributed by atoms with Gasteiger partial charge in [0.05, 0.1) is 18.8 Å². The minimum absolute atomic E-state index is 0.223. The van der Waals surface area contributed by atoms with Crippen LogP contribution in [0.1, 0.15) is 16.7 Å². The molecule has 1 aliphatic rings. The van der Waals surface area contributed by atoms with Crippen molar-refractivity contribution in [2.24, 2.45) is 5.73 Å². The van der Waals surface area contributed by atoms with Crippen molar-refractivity contribution in [1.82, 2.24) is 4.90 Å². The number of nitrogens with zero attached hydrogens (tertiary/aromatic N) is 1. The van der Waals surface area contributed by atoms with Crippen LogP contribution in [0.3, 0.4) is 0 Å². The fourth-order valence-electron chi connectivity index (χ4n) is 3.15. The van der Waals surface area contributed by atoms with Gasteiger partial charge in [-0.2, -0.15) is 0 Å². The number of aliphatic hydroxyl groups excluding tert-OH is 2. The molecule has 5 nitrogen and oxygen atoms in total. The number of hydrogen-bond donors (Lipinski definition) is 3. The van der Waals surface area contributed by atoms with E-state index in [0.717, 1.165) is 30.8 Å². The van der Waals surface area contributed by atoms with Gasteiger partial charge in [-0.25, -0.2) is 0 Å². The summed E-state index contributed by atoms with van der Waals surface area (Å²) in [5, 5.41) is 18.7. The van der Waals surface area contributed by atoms with Gasteiger partial charge in [-0.15, -0.1) is 0 Å². The van der Waals surface area contributed by atoms with Gasteiger partial charge >= 0.3 is 0 Å². The molecule has 4 N–H and O–H groups in total. The summed E-state index contributed by atoms with van der Waals surface area (Å²) in [6, 6.07) is 16.3. The molecule has 3 rings (SSSR count). The second-order valence-corrected chi connectivity index (χ2v) is 6.84. The third-order valence-corrected chi connectivity index (χ3v) is 4.69. The molecule has 0 unspecified atom stereocenters. The molecule has 0 spiro atoms. The van der Waals surface area contributed by atoms with E-state index >= 15 is 0 Å². The minimum Gasteiger partial charge on any atom is -0.489 e. The average Bonchev–Trinajstić information content (AvgIpc) is 2.67. The van der Waals surface area contributed by atoms with Gasteiger partial charge in [-0.05, 0) is 35.2 Å². The van der Waals surface area contributed by atoms with E-state index in [2.05, 4.69) is 29.2 Å². The number of benzene rings is 2. The van der Waals surface area contributed by atoms with Gasteiger partial charge < -0.3 is 20.7 Å². The van der Waals surface area contributed by atoms with E-state index < -0.39 is 5.54 Å². The third kappa shape index (κ3) is 4.58. The van der Waals surface area contributed by atoms with E-state index in [9.17, 15) is 10.2 Å². The molecule has 2 aromatic carbocycles. The Hall–Kier alpha value is -1.92. The maximum Gasteiger partial charge on any atom is 0.120 e. The Morgan fingerprint density at radius 2 is 1.80 bits per heavy atom. The van der Waals surface area contributed by atoms with Crippen LogP contribution in [0.5, 0.6) is 5.75 Å². The fourth-order valence-corrected chi connectivity index (χ4v) is 3.15. The molecule has 0 saturated carbocycles. The van der Waals surface area contributed by atoms with Crippen molar-refractivity contribution in [2.45, 2.75) is 25.1 Å². The predicted octanol–water partition coefficient (Wildman–Crippen LogP) is 1.31. The van der Waals surface area contributed by atoms with Gasteiger partial charge in [-0.3, -0.25) is 4.90 Å². The van der Waals surface area contributed by atoms with Crippen LogP contribution in [0.2, 0.25) is 0 Å². The number of ether oxygens (including phenoxy) is 1. The smallest absolute Gasteiger partial charge is 0.120 e. The van der Waals surface area contributed by atoms with Gasteiger partial charge in [0.2, 0.25) is 0 Å². The second-order valence-electron chi connectivity index (χ2n) is 6.84. The first-order valence-corrected chi connectivity index (χ1v) is 8.63. The zero-order chi connectivity index (χ0) is 17.7. The van der Waals surface area contributed by atoms with E-state index in [4.69, 9.17) is 10.5 Å². The van der Waals surface area contributed by atoms with E-state index in [1.807, 2.05) is 24.3 Å². The third-order valence-electron chi connectivity index (χ3n) is 4.69. The van der Waals surface area contributed by atoms with Crippen LogP contribution >= 0.6 is 0 Å². The van der Waals surface area contributed by atoms with Gasteiger partial charge in [0.1, 0.15) is 12.4 Å². The zero-order valence-electron chi connectivity index (χ0n) is 14.4. The summed E-state index contributed by atoms with van der Waals surface area (Å²) in [5.41, 5.74) is 8.74. The van der Waals surface area contributed by atoms with Crippen LogP contribution < -0.4 is 10.5 Å². The van der Waals surface area contributed by atoms with Gasteiger partial charge in [-0.1, -0.05) is 36.4 Å². The Balaban J connectivity index is 1.61. The number of rotatable bonds is 7. The molecule has 5 heteroatoms. The second kappa shape index (κ2) is 7.97. The van der Waals surface area contributed by atoms with Crippen LogP contribution in [-0.2, 0) is 19.6 Å². The molecule has 0 atom stereocenters. The monoisotopic (exact) mass is 342 g/mol. The maximum atomic E-state index is 9.37. The van der Waals surface area contributed by atoms with Crippen molar-refractivity contribution in [3.05, 3.63) is 65.2 Å². The van der Waals surface area contributed by atoms with E-state index in [0.29, 0.717) is 13.2 Å². The quantitative estimate of drug-likeness (QED) is 0.707. The van der Waals surface area contributed by atoms with Crippen LogP contribution in [0.15, 0.2) is 48.5 Å². The Morgan fingerprint density at radius 3 is 2.52 bits per heavy atom. The Kier molecular flexibility index (Phi) is 5.71. The number of nitrogens with two attached hydrogens (primary N) is 1. The summed E-state index contributed by atoms with van der Waals surface area (Å²) in [6.07, 6.45) is 0.908. The van der Waals surface area contributed by atoms with Crippen molar-refractivity contribution in [3.63, 3.8) is 0 Å². The molecule has 0 radical (unpaired) electrons. The normalized spacial score (nSPS) is 15.0. The zero-order valence-corrected chi connectivity index (χ0v) is 14.4. The SMILES string of the molecule is NC(CO)(CO)CN1CCc2cc(OCc3ccccc3)ccc2C1. The molecule has 0 fully saturated rings. The highest BCUT2D eigenvalue weighted by Gasteiger charge is 2.28. The topological polar surface area (TPSA) is 79.0 Å². The van der Waals surface area contributed by atoms with Crippen LogP contribution in [0, 0.1) is 0 Å². The van der Waals surface area contributed by atoms with E-state index in [1.165, 1.54) is 11.1 Å². The first-order chi connectivity index (χ1) is 12.1. The van der Waals surface area contributed by atoms with Gasteiger partial charge in [0.15, 0.2) is 0 Å². The number of fused-ring (bicyclic) bond motifs is 1. The molecule has 0 aromatic heterocycles. The van der Waals surface area contributed by atoms with Crippen molar-refractivity contribution < 1.29 is 14.9 Å². The van der Waals surface area contributed by atoms with Gasteiger partial charge in [0.25, 0.3) is 0 Å². The summed E-state index contributed by atoms with van der Waals surface area (Å²) in [5.74, 6) is 0.884. The highest BCUT2D eigenvalue weighted by Crippen LogP contribution is 2.25. The standard InChI is InChI=1S/C20H26N2O3/c21-20(14-23,15-24)13-22-9-8-17-10-19(7-6-18(17)11-22)25-12-16-4-2-1-3-5-16/h1-7,10,23-24H,8-9,11-15,21H2. The van der Waals surface area contributed by atoms with Crippen LogP contribution in [0.25, 0.3) is 0 Å². The summed E-state index contributed by atoms with van der Waals surface area (Å²) < 4.78 is 5.90. The largest absolute Gasteiger partial charge is 0.489 e. The Morgan fingerprint density at radius 1 is 1.04 bits per heavy atom. The molecule has 2 aromatic rings. The lowest BCUT2D eigenvalue weighted by atomic mass is 9.96. The lowest BCUT2D eigenvalue weighted by molar-refractivity contribution is 0.0785. The van der Waals surface area contributed by atoms with Crippen molar-refractivity contribution in [3.8, 4) is 5.75 Å². The molecule has 0 saturated heterocycles. The molecule has 1 aliphatic heterocycles. The van der Waals surface area contributed by atoms with Crippen molar-refractivity contribution in [1.29, 1.82) is 0 Å². The summed E-state index contributed by atoms with van der Waals surface area (Å²) in [4.78, 5) is 2.18. The summed E-state index contributed by atoms with van der Waals surface area (Å²) >= 11 is 0. The first kappa shape index (κ1) is 17.9. The summed E-state index contributed by atoms with van der Waals surface area (Å²) in [6.45, 7) is 2.22. The maximum absolute atomic E-state index is 9.37. The van der Waals surface area contributed by atoms with Gasteiger partial charge in [0, 0.05) is 19.6 Å². The van der Waals surface area contributed by atoms with Crippen molar-refractivity contribution >= 4 is 0 Å². The van der Waals surface area contributed by atoms with E-state index in [1.54, 1.807) is 0 Å². The Bertz CT molecular complexity index is 687. The minimum atomic E-state index is -0.948. The first-order valence-electron chi connectivity index (χ1n) is 8.63. The molecule has 25 heavy (non-hydrogen) atoms. The van der Waals surface area contributed by atoms with Crippen LogP contribution in [0.4, 0.5) is 0 Å². The van der Waals surface area contributed by atoms with Crippen molar-refractivity contribution in [2.75, 3.05) is 26.3 Å². The molecule has 1 heterocycles. The molecular weight excluding hydrogens is 316 g/mol. The average molecular weight is 342 g/mol. The molecule has 0 bridgehead atoms. The Labute approximate surface area is 148 Å². The highest BCUT2D eigenvalue weighted by atomic mass is 16.5.